The summed E-state index contributed by atoms with van der Waals surface area (Å²) >= 11 is 16.9. The Hall–Kier alpha value is -1.63. The molecular weight excluding hydrogens is 601 g/mol. The van der Waals surface area contributed by atoms with Crippen molar-refractivity contribution in [3.8, 4) is 0 Å². The number of rotatable bonds is 13. The molecule has 14 heteroatoms. The molecule has 0 radical (unpaired) electrons. The molecule has 41 heavy (non-hydrogen) atoms. The van der Waals surface area contributed by atoms with E-state index in [2.05, 4.69) is 10.7 Å². The van der Waals surface area contributed by atoms with Crippen LogP contribution >= 0.6 is 34.8 Å². The fraction of sp³-hybridized carbons (Fsp3) is 0.778. The van der Waals surface area contributed by atoms with E-state index in [0.717, 1.165) is 0 Å². The van der Waals surface area contributed by atoms with E-state index in [0.29, 0.717) is 51.9 Å². The molecule has 0 bridgehead atoms. The van der Waals surface area contributed by atoms with Crippen molar-refractivity contribution in [3.05, 3.63) is 12.2 Å². The third kappa shape index (κ3) is 11.9. The Labute approximate surface area is 256 Å². The SMILES string of the molecule is C/C=C/CC(CCC1(C)OCCO1)C(=O)OC(C(=O)NC(C)C(=O)N1CCCC(C(=O)OCC(Cl)(Cl)Cl)N1)C(C)C. The Kier molecular flexibility index (Phi) is 14.1. The molecule has 0 aromatic heterocycles. The van der Waals surface area contributed by atoms with Gasteiger partial charge in [-0.2, -0.15) is 0 Å². The van der Waals surface area contributed by atoms with E-state index in [-0.39, 0.29) is 5.92 Å². The standard InChI is InChI=1S/C27H42Cl3N3O8/c1-6-7-9-19(11-12-26(5)39-14-15-40-26)24(36)41-21(17(2)3)22(34)31-18(4)23(35)33-13-8-10-20(32-33)25(37)38-16-27(28,29)30/h6-7,17-21,32H,8-16H2,1-5H3,(H,31,34)/b7-6+. The van der Waals surface area contributed by atoms with Gasteiger partial charge in [-0.05, 0) is 52.4 Å². The number of hydrogen-bond donors (Lipinski definition) is 2. The van der Waals surface area contributed by atoms with Crippen LogP contribution in [0.5, 0.6) is 0 Å². The molecule has 4 atom stereocenters. The number of esters is 2. The quantitative estimate of drug-likeness (QED) is 0.176. The molecule has 2 amide bonds. The van der Waals surface area contributed by atoms with Gasteiger partial charge in [0.25, 0.3) is 11.8 Å². The van der Waals surface area contributed by atoms with E-state index < -0.39 is 64.0 Å². The van der Waals surface area contributed by atoms with Crippen LogP contribution in [0.2, 0.25) is 0 Å². The van der Waals surface area contributed by atoms with Gasteiger partial charge in [0, 0.05) is 13.0 Å². The largest absolute Gasteiger partial charge is 0.460 e. The maximum atomic E-state index is 13.2. The van der Waals surface area contributed by atoms with Crippen LogP contribution < -0.4 is 10.7 Å². The van der Waals surface area contributed by atoms with Gasteiger partial charge in [0.1, 0.15) is 18.7 Å². The molecule has 4 unspecified atom stereocenters. The lowest BCUT2D eigenvalue weighted by molar-refractivity contribution is -0.167. The minimum absolute atomic E-state index is 0.314. The van der Waals surface area contributed by atoms with Crippen molar-refractivity contribution in [2.75, 3.05) is 26.4 Å². The average molecular weight is 643 g/mol. The number of nitrogens with zero attached hydrogens (tertiary/aromatic N) is 1. The van der Waals surface area contributed by atoms with Gasteiger partial charge in [0.15, 0.2) is 11.9 Å². The molecule has 0 aromatic carbocycles. The number of hydrogen-bond acceptors (Lipinski definition) is 9. The number of halogens is 3. The van der Waals surface area contributed by atoms with E-state index in [9.17, 15) is 19.2 Å². The minimum Gasteiger partial charge on any atom is -0.460 e. The smallest absolute Gasteiger partial charge is 0.325 e. The van der Waals surface area contributed by atoms with Crippen molar-refractivity contribution in [1.29, 1.82) is 0 Å². The lowest BCUT2D eigenvalue weighted by Crippen LogP contribution is -2.60. The van der Waals surface area contributed by atoms with Gasteiger partial charge >= 0.3 is 11.9 Å². The fourth-order valence-corrected chi connectivity index (χ4v) is 4.61. The summed E-state index contributed by atoms with van der Waals surface area (Å²) in [5.74, 6) is -3.84. The molecule has 2 aliphatic heterocycles. The Balaban J connectivity index is 1.97. The second kappa shape index (κ2) is 16.3. The normalized spacial score (nSPS) is 21.4. The van der Waals surface area contributed by atoms with Gasteiger partial charge in [-0.1, -0.05) is 60.8 Å². The Morgan fingerprint density at radius 1 is 1.17 bits per heavy atom. The third-order valence-electron chi connectivity index (χ3n) is 6.79. The van der Waals surface area contributed by atoms with Gasteiger partial charge in [0.2, 0.25) is 3.79 Å². The van der Waals surface area contributed by atoms with Crippen LogP contribution in [0.15, 0.2) is 12.2 Å². The highest BCUT2D eigenvalue weighted by Crippen LogP contribution is 2.29. The number of nitrogens with one attached hydrogen (secondary N) is 2. The topological polar surface area (TPSA) is 132 Å². The van der Waals surface area contributed by atoms with Gasteiger partial charge in [-0.15, -0.1) is 0 Å². The predicted octanol–water partition coefficient (Wildman–Crippen LogP) is 3.59. The van der Waals surface area contributed by atoms with Crippen molar-refractivity contribution in [2.24, 2.45) is 11.8 Å². The molecule has 11 nitrogen and oxygen atoms in total. The molecule has 0 aromatic rings. The van der Waals surface area contributed by atoms with Crippen LogP contribution in [0.25, 0.3) is 0 Å². The molecule has 0 spiro atoms. The van der Waals surface area contributed by atoms with Crippen molar-refractivity contribution in [1.82, 2.24) is 15.8 Å². The highest BCUT2D eigenvalue weighted by Gasteiger charge is 2.37. The van der Waals surface area contributed by atoms with Crippen molar-refractivity contribution < 1.29 is 38.1 Å². The Bertz CT molecular complexity index is 937. The van der Waals surface area contributed by atoms with E-state index in [1.54, 1.807) is 13.8 Å². The molecule has 234 valence electrons. The Morgan fingerprint density at radius 3 is 2.41 bits per heavy atom. The number of allylic oxidation sites excluding steroid dienone is 2. The van der Waals surface area contributed by atoms with Gasteiger partial charge in [-0.3, -0.25) is 24.2 Å². The summed E-state index contributed by atoms with van der Waals surface area (Å²) in [4.78, 5) is 51.8. The van der Waals surface area contributed by atoms with Gasteiger partial charge in [0.05, 0.1) is 19.1 Å². The predicted molar refractivity (Wildman–Crippen MR) is 154 cm³/mol. The first-order valence-electron chi connectivity index (χ1n) is 13.9. The molecule has 2 saturated heterocycles. The molecule has 2 rings (SSSR count). The third-order valence-corrected chi connectivity index (χ3v) is 7.11. The summed E-state index contributed by atoms with van der Waals surface area (Å²) in [6, 6.07) is -1.79. The van der Waals surface area contributed by atoms with Crippen molar-refractivity contribution in [2.45, 2.75) is 94.5 Å². The first-order valence-corrected chi connectivity index (χ1v) is 15.0. The highest BCUT2D eigenvalue weighted by molar-refractivity contribution is 6.67. The molecule has 2 N–H and O–H groups in total. The van der Waals surface area contributed by atoms with E-state index in [1.165, 1.54) is 11.9 Å². The molecule has 2 fully saturated rings. The lowest BCUT2D eigenvalue weighted by Gasteiger charge is -2.34. The number of carbonyl (C=O) groups excluding carboxylic acids is 4. The van der Waals surface area contributed by atoms with Gasteiger partial charge < -0.3 is 24.3 Å². The number of alkyl halides is 3. The fourth-order valence-electron chi connectivity index (χ4n) is 4.44. The molecule has 2 aliphatic rings. The zero-order valence-corrected chi connectivity index (χ0v) is 26.5. The van der Waals surface area contributed by atoms with Crippen LogP contribution in [0, 0.1) is 11.8 Å². The van der Waals surface area contributed by atoms with Crippen molar-refractivity contribution in [3.63, 3.8) is 0 Å². The maximum absolute atomic E-state index is 13.2. The number of ether oxygens (including phenoxy) is 4. The zero-order chi connectivity index (χ0) is 30.8. The summed E-state index contributed by atoms with van der Waals surface area (Å²) in [6.45, 7) is 9.62. The number of carbonyl (C=O) groups is 4. The molecular formula is C27H42Cl3N3O8. The van der Waals surface area contributed by atoms with Crippen LogP contribution in [-0.4, -0.2) is 82.9 Å². The van der Waals surface area contributed by atoms with E-state index in [4.69, 9.17) is 53.8 Å². The average Bonchev–Trinajstić information content (AvgIpc) is 3.35. The number of hydrazine groups is 1. The summed E-state index contributed by atoms with van der Waals surface area (Å²) in [6.07, 6.45) is 4.94. The second-order valence-electron chi connectivity index (χ2n) is 10.7. The van der Waals surface area contributed by atoms with Crippen LogP contribution in [0.1, 0.15) is 66.7 Å². The summed E-state index contributed by atoms with van der Waals surface area (Å²) in [7, 11) is 0. The second-order valence-corrected chi connectivity index (χ2v) is 13.3. The lowest BCUT2D eigenvalue weighted by atomic mass is 9.96. The van der Waals surface area contributed by atoms with Crippen LogP contribution in [-0.2, 0) is 38.1 Å². The van der Waals surface area contributed by atoms with Crippen LogP contribution in [0.4, 0.5) is 0 Å². The number of amides is 2. The molecule has 0 aliphatic carbocycles. The summed E-state index contributed by atoms with van der Waals surface area (Å²) in [5.41, 5.74) is 2.82. The first kappa shape index (κ1) is 35.6. The molecule has 2 heterocycles. The zero-order valence-electron chi connectivity index (χ0n) is 24.3. The summed E-state index contributed by atoms with van der Waals surface area (Å²) < 4.78 is 20.3. The molecule has 0 saturated carbocycles. The van der Waals surface area contributed by atoms with Gasteiger partial charge in [-0.25, -0.2) is 5.43 Å². The minimum atomic E-state index is -1.75. The summed E-state index contributed by atoms with van der Waals surface area (Å²) in [5, 5.41) is 3.90. The maximum Gasteiger partial charge on any atom is 0.325 e. The Morgan fingerprint density at radius 2 is 1.83 bits per heavy atom. The monoisotopic (exact) mass is 641 g/mol. The first-order chi connectivity index (χ1) is 19.2. The van der Waals surface area contributed by atoms with Crippen molar-refractivity contribution >= 4 is 58.6 Å². The van der Waals surface area contributed by atoms with E-state index >= 15 is 0 Å². The van der Waals surface area contributed by atoms with Crippen LogP contribution in [0.3, 0.4) is 0 Å². The van der Waals surface area contributed by atoms with E-state index in [1.807, 2.05) is 26.0 Å². The highest BCUT2D eigenvalue weighted by atomic mass is 35.6.